The lowest BCUT2D eigenvalue weighted by molar-refractivity contribution is -0.385. The zero-order valence-corrected chi connectivity index (χ0v) is 10.3. The number of para-hydroxylation sites is 1. The summed E-state index contributed by atoms with van der Waals surface area (Å²) in [5, 5.41) is 17.6. The summed E-state index contributed by atoms with van der Waals surface area (Å²) >= 11 is 0. The number of rotatable bonds is 5. The van der Waals surface area contributed by atoms with Crippen LogP contribution < -0.4 is 15.4 Å². The van der Waals surface area contributed by atoms with E-state index in [-0.39, 0.29) is 11.7 Å². The monoisotopic (exact) mass is 251 g/mol. The van der Waals surface area contributed by atoms with Gasteiger partial charge in [0.05, 0.1) is 11.5 Å². The van der Waals surface area contributed by atoms with Gasteiger partial charge in [-0.05, 0) is 32.0 Å². The average molecular weight is 251 g/mol. The normalized spacial score (nSPS) is 18.6. The summed E-state index contributed by atoms with van der Waals surface area (Å²) in [4.78, 5) is 10.8. The molecule has 1 saturated heterocycles. The Hall–Kier alpha value is -1.82. The standard InChI is InChI=1S/C12H17N3O3/c1-2-18-11-5-3-4-10(12(11)15(16)17)14-9-6-7-13-8-9/h3-5,9,13-14H,2,6-8H2,1H3. The number of hydrogen-bond acceptors (Lipinski definition) is 5. The zero-order valence-electron chi connectivity index (χ0n) is 10.3. The summed E-state index contributed by atoms with van der Waals surface area (Å²) in [5.41, 5.74) is 0.547. The number of benzene rings is 1. The summed E-state index contributed by atoms with van der Waals surface area (Å²) in [7, 11) is 0. The predicted octanol–water partition coefficient (Wildman–Crippen LogP) is 1.77. The van der Waals surface area contributed by atoms with Crippen molar-refractivity contribution in [3.63, 3.8) is 0 Å². The topological polar surface area (TPSA) is 76.4 Å². The van der Waals surface area contributed by atoms with Gasteiger partial charge in [0.1, 0.15) is 5.69 Å². The first-order valence-corrected chi connectivity index (χ1v) is 6.09. The first-order valence-electron chi connectivity index (χ1n) is 6.09. The first-order chi connectivity index (χ1) is 8.72. The van der Waals surface area contributed by atoms with Crippen LogP contribution >= 0.6 is 0 Å². The van der Waals surface area contributed by atoms with Crippen molar-refractivity contribution in [1.29, 1.82) is 0 Å². The Labute approximate surface area is 105 Å². The Morgan fingerprint density at radius 2 is 2.44 bits per heavy atom. The highest BCUT2D eigenvalue weighted by Crippen LogP contribution is 2.35. The highest BCUT2D eigenvalue weighted by Gasteiger charge is 2.23. The van der Waals surface area contributed by atoms with Crippen molar-refractivity contribution in [2.45, 2.75) is 19.4 Å². The van der Waals surface area contributed by atoms with Gasteiger partial charge in [-0.25, -0.2) is 0 Å². The molecule has 1 atom stereocenters. The molecule has 1 aromatic rings. The lowest BCUT2D eigenvalue weighted by atomic mass is 10.2. The third-order valence-electron chi connectivity index (χ3n) is 2.90. The fraction of sp³-hybridized carbons (Fsp3) is 0.500. The van der Waals surface area contributed by atoms with Crippen LogP contribution in [0.4, 0.5) is 11.4 Å². The Kier molecular flexibility index (Phi) is 3.99. The highest BCUT2D eigenvalue weighted by molar-refractivity contribution is 5.68. The van der Waals surface area contributed by atoms with Gasteiger partial charge in [-0.15, -0.1) is 0 Å². The van der Waals surface area contributed by atoms with E-state index in [1.54, 1.807) is 18.2 Å². The van der Waals surface area contributed by atoms with Gasteiger partial charge in [-0.1, -0.05) is 6.07 Å². The molecular formula is C12H17N3O3. The molecule has 98 valence electrons. The van der Waals surface area contributed by atoms with Crippen LogP contribution in [-0.2, 0) is 0 Å². The van der Waals surface area contributed by atoms with Crippen molar-refractivity contribution in [3.8, 4) is 5.75 Å². The molecule has 0 spiro atoms. The maximum atomic E-state index is 11.2. The van der Waals surface area contributed by atoms with Crippen LogP contribution in [0.1, 0.15) is 13.3 Å². The Balaban J connectivity index is 2.26. The number of nitrogens with zero attached hydrogens (tertiary/aromatic N) is 1. The molecule has 0 aliphatic carbocycles. The Morgan fingerprint density at radius 3 is 3.06 bits per heavy atom. The molecule has 0 amide bonds. The summed E-state index contributed by atoms with van der Waals surface area (Å²) in [6, 6.07) is 5.35. The van der Waals surface area contributed by atoms with E-state index < -0.39 is 4.92 Å². The second kappa shape index (κ2) is 5.68. The largest absolute Gasteiger partial charge is 0.487 e. The smallest absolute Gasteiger partial charge is 0.333 e. The van der Waals surface area contributed by atoms with E-state index in [4.69, 9.17) is 4.74 Å². The molecule has 0 radical (unpaired) electrons. The van der Waals surface area contributed by atoms with Gasteiger partial charge in [-0.2, -0.15) is 0 Å². The van der Waals surface area contributed by atoms with Crippen molar-refractivity contribution in [2.75, 3.05) is 25.0 Å². The fourth-order valence-corrected chi connectivity index (χ4v) is 2.10. The van der Waals surface area contributed by atoms with Gasteiger partial charge in [0.25, 0.3) is 0 Å². The van der Waals surface area contributed by atoms with E-state index in [1.165, 1.54) is 0 Å². The van der Waals surface area contributed by atoms with Crippen LogP contribution in [0, 0.1) is 10.1 Å². The number of nitrogens with one attached hydrogen (secondary N) is 2. The van der Waals surface area contributed by atoms with Crippen molar-refractivity contribution < 1.29 is 9.66 Å². The Bertz CT molecular complexity index is 431. The quantitative estimate of drug-likeness (QED) is 0.616. The minimum Gasteiger partial charge on any atom is -0.487 e. The molecule has 1 aliphatic rings. The van der Waals surface area contributed by atoms with Crippen LogP contribution in [0.15, 0.2) is 18.2 Å². The van der Waals surface area contributed by atoms with Crippen molar-refractivity contribution >= 4 is 11.4 Å². The maximum Gasteiger partial charge on any atom is 0.333 e. The van der Waals surface area contributed by atoms with Crippen LogP contribution in [0.2, 0.25) is 0 Å². The first kappa shape index (κ1) is 12.6. The fourth-order valence-electron chi connectivity index (χ4n) is 2.10. The minimum atomic E-state index is -0.393. The molecule has 2 rings (SSSR count). The van der Waals surface area contributed by atoms with E-state index in [1.807, 2.05) is 6.92 Å². The maximum absolute atomic E-state index is 11.2. The molecular weight excluding hydrogens is 234 g/mol. The van der Waals surface area contributed by atoms with E-state index in [0.717, 1.165) is 19.5 Å². The van der Waals surface area contributed by atoms with Gasteiger partial charge in [-0.3, -0.25) is 10.1 Å². The third kappa shape index (κ3) is 2.70. The molecule has 2 N–H and O–H groups in total. The SMILES string of the molecule is CCOc1cccc(NC2CCNC2)c1[N+](=O)[O-]. The van der Waals surface area contributed by atoms with Gasteiger partial charge in [0.15, 0.2) is 5.75 Å². The van der Waals surface area contributed by atoms with Gasteiger partial charge >= 0.3 is 5.69 Å². The lowest BCUT2D eigenvalue weighted by Crippen LogP contribution is -2.22. The number of nitro groups is 1. The van der Waals surface area contributed by atoms with Crippen molar-refractivity contribution in [2.24, 2.45) is 0 Å². The van der Waals surface area contributed by atoms with E-state index in [9.17, 15) is 10.1 Å². The summed E-state index contributed by atoms with van der Waals surface area (Å²) in [6.07, 6.45) is 0.968. The Morgan fingerprint density at radius 1 is 1.61 bits per heavy atom. The molecule has 6 heteroatoms. The molecule has 0 aromatic heterocycles. The number of anilines is 1. The third-order valence-corrected chi connectivity index (χ3v) is 2.90. The van der Waals surface area contributed by atoms with Crippen LogP contribution in [0.25, 0.3) is 0 Å². The highest BCUT2D eigenvalue weighted by atomic mass is 16.6. The summed E-state index contributed by atoms with van der Waals surface area (Å²) in [6.45, 7) is 3.99. The number of nitro benzene ring substituents is 1. The predicted molar refractivity (Wildman–Crippen MR) is 69.2 cm³/mol. The van der Waals surface area contributed by atoms with Gasteiger partial charge in [0.2, 0.25) is 0 Å². The molecule has 6 nitrogen and oxygen atoms in total. The van der Waals surface area contributed by atoms with E-state index in [0.29, 0.717) is 18.0 Å². The summed E-state index contributed by atoms with van der Waals surface area (Å²) in [5.74, 6) is 0.318. The van der Waals surface area contributed by atoms with Gasteiger partial charge < -0.3 is 15.4 Å². The molecule has 1 aliphatic heterocycles. The van der Waals surface area contributed by atoms with Crippen molar-refractivity contribution in [1.82, 2.24) is 5.32 Å². The second-order valence-electron chi connectivity index (χ2n) is 4.18. The molecule has 1 heterocycles. The number of hydrogen-bond donors (Lipinski definition) is 2. The molecule has 1 aromatic carbocycles. The van der Waals surface area contributed by atoms with Crippen LogP contribution in [-0.4, -0.2) is 30.7 Å². The van der Waals surface area contributed by atoms with Crippen molar-refractivity contribution in [3.05, 3.63) is 28.3 Å². The summed E-state index contributed by atoms with van der Waals surface area (Å²) < 4.78 is 5.31. The van der Waals surface area contributed by atoms with Crippen LogP contribution in [0.5, 0.6) is 5.75 Å². The zero-order chi connectivity index (χ0) is 13.0. The molecule has 1 fully saturated rings. The molecule has 18 heavy (non-hydrogen) atoms. The van der Waals surface area contributed by atoms with E-state index >= 15 is 0 Å². The van der Waals surface area contributed by atoms with Crippen LogP contribution in [0.3, 0.4) is 0 Å². The molecule has 1 unspecified atom stereocenters. The van der Waals surface area contributed by atoms with E-state index in [2.05, 4.69) is 10.6 Å². The lowest BCUT2D eigenvalue weighted by Gasteiger charge is -2.14. The molecule has 0 bridgehead atoms. The molecule has 0 saturated carbocycles. The second-order valence-corrected chi connectivity index (χ2v) is 4.18. The average Bonchev–Trinajstić information content (AvgIpc) is 2.82. The number of ether oxygens (including phenoxy) is 1. The minimum absolute atomic E-state index is 0.0197. The van der Waals surface area contributed by atoms with Gasteiger partial charge in [0, 0.05) is 12.6 Å².